The number of fused-ring (bicyclic) bond motifs is 1. The summed E-state index contributed by atoms with van der Waals surface area (Å²) in [5.74, 6) is -0.361. The Balaban J connectivity index is 1.60. The van der Waals surface area contributed by atoms with E-state index < -0.39 is 24.2 Å². The topological polar surface area (TPSA) is 59.0 Å². The molecule has 9 heteroatoms. The number of nitrogens with zero attached hydrogens (tertiary/aromatic N) is 2. The number of alkyl halides is 3. The number of carbonyl (C=O) groups is 1. The molecule has 3 atom stereocenters. The number of aromatic nitrogens is 2. The van der Waals surface area contributed by atoms with E-state index in [1.54, 1.807) is 24.3 Å². The van der Waals surface area contributed by atoms with Gasteiger partial charge in [-0.25, -0.2) is 4.68 Å². The van der Waals surface area contributed by atoms with Crippen molar-refractivity contribution in [3.63, 3.8) is 0 Å². The summed E-state index contributed by atoms with van der Waals surface area (Å²) in [6.45, 7) is 1.81. The largest absolute Gasteiger partial charge is 0.410 e. The molecule has 31 heavy (non-hydrogen) atoms. The number of hydrogen-bond donors (Lipinski definition) is 2. The Labute approximate surface area is 185 Å². The highest BCUT2D eigenvalue weighted by Crippen LogP contribution is 2.43. The van der Waals surface area contributed by atoms with Gasteiger partial charge in [0.15, 0.2) is 11.7 Å². The lowest BCUT2D eigenvalue weighted by atomic mass is 9.97. The molecular weight excluding hydrogens is 473 g/mol. The van der Waals surface area contributed by atoms with E-state index in [2.05, 4.69) is 31.7 Å². The quantitative estimate of drug-likeness (QED) is 0.484. The Bertz CT molecular complexity index is 1070. The minimum absolute atomic E-state index is 0.0593. The van der Waals surface area contributed by atoms with Crippen molar-refractivity contribution < 1.29 is 18.0 Å². The zero-order valence-corrected chi connectivity index (χ0v) is 18.1. The van der Waals surface area contributed by atoms with Crippen LogP contribution < -0.4 is 10.6 Å². The van der Waals surface area contributed by atoms with Gasteiger partial charge in [0.05, 0.1) is 12.1 Å². The SMILES string of the molecule is C[C@H](NC(=O)c1cc2n(n1)[C@@H](C(F)(F)F)C[C@@H](c1ccc(Br)cc1)N2)c1ccccc1. The second-order valence-electron chi connectivity index (χ2n) is 7.51. The number of hydrogen-bond acceptors (Lipinski definition) is 3. The average Bonchev–Trinajstić information content (AvgIpc) is 3.17. The van der Waals surface area contributed by atoms with Crippen LogP contribution in [0.1, 0.15) is 53.1 Å². The van der Waals surface area contributed by atoms with Crippen LogP contribution in [0.3, 0.4) is 0 Å². The van der Waals surface area contributed by atoms with Gasteiger partial charge in [-0.2, -0.15) is 18.3 Å². The van der Waals surface area contributed by atoms with Crippen molar-refractivity contribution in [1.29, 1.82) is 0 Å². The number of anilines is 1. The number of benzene rings is 2. The maximum Gasteiger partial charge on any atom is 0.410 e. The van der Waals surface area contributed by atoms with Crippen LogP contribution in [-0.4, -0.2) is 21.9 Å². The third kappa shape index (κ3) is 4.61. The van der Waals surface area contributed by atoms with Crippen molar-refractivity contribution in [2.45, 2.75) is 37.6 Å². The molecule has 162 valence electrons. The molecule has 1 aliphatic heterocycles. The van der Waals surface area contributed by atoms with E-state index in [4.69, 9.17) is 0 Å². The fraction of sp³-hybridized carbons (Fsp3) is 0.273. The Morgan fingerprint density at radius 2 is 1.87 bits per heavy atom. The highest BCUT2D eigenvalue weighted by Gasteiger charge is 2.46. The van der Waals surface area contributed by atoms with E-state index in [1.165, 1.54) is 6.07 Å². The molecule has 0 unspecified atom stereocenters. The van der Waals surface area contributed by atoms with Crippen molar-refractivity contribution in [2.75, 3.05) is 5.32 Å². The van der Waals surface area contributed by atoms with Gasteiger partial charge in [-0.1, -0.05) is 58.4 Å². The van der Waals surface area contributed by atoms with Crippen LogP contribution in [0, 0.1) is 0 Å². The Morgan fingerprint density at radius 3 is 2.52 bits per heavy atom. The zero-order valence-electron chi connectivity index (χ0n) is 16.5. The minimum Gasteiger partial charge on any atom is -0.363 e. The average molecular weight is 493 g/mol. The molecule has 0 spiro atoms. The highest BCUT2D eigenvalue weighted by molar-refractivity contribution is 9.10. The van der Waals surface area contributed by atoms with Gasteiger partial charge in [0.25, 0.3) is 5.91 Å². The first-order valence-electron chi connectivity index (χ1n) is 9.76. The molecule has 5 nitrogen and oxygen atoms in total. The van der Waals surface area contributed by atoms with Crippen LogP contribution in [0.15, 0.2) is 65.1 Å². The Morgan fingerprint density at radius 1 is 1.19 bits per heavy atom. The van der Waals surface area contributed by atoms with E-state index >= 15 is 0 Å². The van der Waals surface area contributed by atoms with Gasteiger partial charge < -0.3 is 10.6 Å². The molecule has 2 N–H and O–H groups in total. The van der Waals surface area contributed by atoms with E-state index in [-0.39, 0.29) is 24.0 Å². The normalized spacial score (nSPS) is 19.3. The van der Waals surface area contributed by atoms with Crippen LogP contribution >= 0.6 is 15.9 Å². The maximum atomic E-state index is 13.8. The first-order valence-corrected chi connectivity index (χ1v) is 10.6. The van der Waals surface area contributed by atoms with Crippen molar-refractivity contribution in [1.82, 2.24) is 15.1 Å². The maximum absolute atomic E-state index is 13.8. The van der Waals surface area contributed by atoms with Gasteiger partial charge >= 0.3 is 6.18 Å². The molecule has 2 aromatic carbocycles. The van der Waals surface area contributed by atoms with Gasteiger partial charge in [-0.15, -0.1) is 0 Å². The van der Waals surface area contributed by atoms with Gasteiger partial charge in [-0.05, 0) is 30.2 Å². The molecule has 1 amide bonds. The molecule has 0 saturated carbocycles. The first-order chi connectivity index (χ1) is 14.7. The molecule has 0 bridgehead atoms. The van der Waals surface area contributed by atoms with E-state index in [1.807, 2.05) is 37.3 Å². The van der Waals surface area contributed by atoms with Gasteiger partial charge in [0.2, 0.25) is 0 Å². The summed E-state index contributed by atoms with van der Waals surface area (Å²) >= 11 is 3.34. The van der Waals surface area contributed by atoms with E-state index in [0.717, 1.165) is 20.3 Å². The van der Waals surface area contributed by atoms with Gasteiger partial charge in [0, 0.05) is 17.0 Å². The molecule has 3 aromatic rings. The second-order valence-corrected chi connectivity index (χ2v) is 8.42. The first kappa shape index (κ1) is 21.4. The molecule has 4 rings (SSSR count). The standard InChI is InChI=1S/C22H20BrF3N4O/c1-13(14-5-3-2-4-6-14)27-21(31)18-12-20-28-17(15-7-9-16(23)10-8-15)11-19(22(24,25)26)30(20)29-18/h2-10,12-13,17,19,28H,11H2,1H3,(H,27,31)/t13-,17-,19+/m0/s1. The molecular formula is C22H20BrF3N4O. The number of rotatable bonds is 4. The summed E-state index contributed by atoms with van der Waals surface area (Å²) in [4.78, 5) is 12.7. The summed E-state index contributed by atoms with van der Waals surface area (Å²) in [5.41, 5.74) is 1.56. The number of amides is 1. The lowest BCUT2D eigenvalue weighted by Gasteiger charge is -2.33. The van der Waals surface area contributed by atoms with E-state index in [0.29, 0.717) is 0 Å². The molecule has 1 aliphatic rings. The molecule has 0 saturated heterocycles. The van der Waals surface area contributed by atoms with Crippen LogP contribution in [0.5, 0.6) is 0 Å². The van der Waals surface area contributed by atoms with Gasteiger partial charge in [0.1, 0.15) is 5.82 Å². The van der Waals surface area contributed by atoms with Crippen molar-refractivity contribution in [2.24, 2.45) is 0 Å². The smallest absolute Gasteiger partial charge is 0.363 e. The summed E-state index contributed by atoms with van der Waals surface area (Å²) in [5, 5.41) is 9.90. The minimum atomic E-state index is -4.50. The molecule has 0 aliphatic carbocycles. The monoisotopic (exact) mass is 492 g/mol. The number of carbonyl (C=O) groups excluding carboxylic acids is 1. The number of nitrogens with one attached hydrogen (secondary N) is 2. The third-order valence-electron chi connectivity index (χ3n) is 5.34. The third-order valence-corrected chi connectivity index (χ3v) is 5.87. The van der Waals surface area contributed by atoms with Crippen molar-refractivity contribution in [3.8, 4) is 0 Å². The zero-order chi connectivity index (χ0) is 22.2. The van der Waals surface area contributed by atoms with Crippen LogP contribution in [0.4, 0.5) is 19.0 Å². The van der Waals surface area contributed by atoms with Crippen LogP contribution in [-0.2, 0) is 0 Å². The Kier molecular flexibility index (Phi) is 5.79. The van der Waals surface area contributed by atoms with Crippen LogP contribution in [0.2, 0.25) is 0 Å². The molecule has 0 radical (unpaired) electrons. The molecule has 2 heterocycles. The second kappa shape index (κ2) is 8.37. The predicted octanol–water partition coefficient (Wildman–Crippen LogP) is 5.80. The van der Waals surface area contributed by atoms with E-state index in [9.17, 15) is 18.0 Å². The summed E-state index contributed by atoms with van der Waals surface area (Å²) in [6, 6.07) is 15.1. The van der Waals surface area contributed by atoms with Crippen molar-refractivity contribution in [3.05, 3.63) is 82.0 Å². The fourth-order valence-electron chi connectivity index (χ4n) is 3.69. The summed E-state index contributed by atoms with van der Waals surface area (Å²) in [6.07, 6.45) is -4.72. The lowest BCUT2D eigenvalue weighted by Crippen LogP contribution is -2.35. The number of halogens is 4. The van der Waals surface area contributed by atoms with Crippen molar-refractivity contribution >= 4 is 27.7 Å². The van der Waals surface area contributed by atoms with Crippen LogP contribution in [0.25, 0.3) is 0 Å². The van der Waals surface area contributed by atoms with Gasteiger partial charge in [-0.3, -0.25) is 4.79 Å². The Hall–Kier alpha value is -2.81. The molecule has 0 fully saturated rings. The summed E-state index contributed by atoms with van der Waals surface area (Å²) in [7, 11) is 0. The fourth-order valence-corrected chi connectivity index (χ4v) is 3.96. The highest BCUT2D eigenvalue weighted by atomic mass is 79.9. The predicted molar refractivity (Wildman–Crippen MR) is 115 cm³/mol. The molecule has 1 aromatic heterocycles. The lowest BCUT2D eigenvalue weighted by molar-refractivity contribution is -0.173. The summed E-state index contributed by atoms with van der Waals surface area (Å²) < 4.78 is 43.2.